The van der Waals surface area contributed by atoms with Gasteiger partial charge in [0.1, 0.15) is 5.82 Å². The zero-order chi connectivity index (χ0) is 23.6. The number of ether oxygens (including phenoxy) is 1. The lowest BCUT2D eigenvalue weighted by atomic mass is 10.0. The van der Waals surface area contributed by atoms with Crippen LogP contribution >= 0.6 is 11.6 Å². The van der Waals surface area contributed by atoms with Gasteiger partial charge < -0.3 is 4.74 Å². The zero-order valence-electron chi connectivity index (χ0n) is 19.3. The Hall–Kier alpha value is -2.89. The normalized spacial score (nSPS) is 12.9. The molecule has 4 heterocycles. The number of halogens is 2. The van der Waals surface area contributed by atoms with Crippen molar-refractivity contribution in [1.82, 2.24) is 15.0 Å². The summed E-state index contributed by atoms with van der Waals surface area (Å²) in [5, 5.41) is 1.23. The molecule has 33 heavy (non-hydrogen) atoms. The highest BCUT2D eigenvalue weighted by atomic mass is 35.5. The predicted molar refractivity (Wildman–Crippen MR) is 133 cm³/mol. The van der Waals surface area contributed by atoms with Gasteiger partial charge >= 0.3 is 0 Å². The van der Waals surface area contributed by atoms with Gasteiger partial charge in [0.15, 0.2) is 5.65 Å². The van der Waals surface area contributed by atoms with E-state index in [-0.39, 0.29) is 5.82 Å². The topological polar surface area (TPSA) is 47.9 Å². The molecule has 6 heteroatoms. The number of hydrogen-bond acceptors (Lipinski definition) is 4. The highest BCUT2D eigenvalue weighted by molar-refractivity contribution is 6.30. The fourth-order valence-electron chi connectivity index (χ4n) is 3.34. The SMILES string of the molecule is C1CCOCC1.Cc1cc2c(-c3ccc(Cl)cc3F)ccnc2nc1C.Cc1ccccn1. The Balaban J connectivity index is 0.000000191. The molecule has 4 aromatic rings. The first kappa shape index (κ1) is 24.7. The first-order valence-electron chi connectivity index (χ1n) is 11.1. The van der Waals surface area contributed by atoms with Crippen molar-refractivity contribution in [2.24, 2.45) is 0 Å². The molecule has 0 saturated carbocycles. The predicted octanol–water partition coefficient (Wildman–Crippen LogP) is 7.28. The van der Waals surface area contributed by atoms with Crippen molar-refractivity contribution in [2.45, 2.75) is 40.0 Å². The second-order valence-electron chi connectivity index (χ2n) is 7.89. The fourth-order valence-corrected chi connectivity index (χ4v) is 3.50. The Labute approximate surface area is 199 Å². The molecule has 0 atom stereocenters. The van der Waals surface area contributed by atoms with E-state index in [1.165, 1.54) is 25.3 Å². The van der Waals surface area contributed by atoms with E-state index in [2.05, 4.69) is 15.0 Å². The standard InChI is InChI=1S/C16H12ClFN2.C6H7N.C5H10O/c1-9-7-14-12(5-6-19-16(14)20-10(9)2)13-4-3-11(17)8-15(13)18;1-6-4-2-3-5-7-6;1-2-4-6-5-3-1/h3-8H,1-2H3;2-5H,1H3;1-5H2. The first-order chi connectivity index (χ1) is 16.0. The molecule has 1 aromatic carbocycles. The van der Waals surface area contributed by atoms with Gasteiger partial charge in [-0.05, 0) is 93.6 Å². The lowest BCUT2D eigenvalue weighted by Gasteiger charge is -2.09. The maximum atomic E-state index is 14.1. The molecule has 0 N–H and O–H groups in total. The molecule has 1 fully saturated rings. The lowest BCUT2D eigenvalue weighted by molar-refractivity contribution is 0.0968. The molecule has 1 aliphatic heterocycles. The summed E-state index contributed by atoms with van der Waals surface area (Å²) < 4.78 is 19.2. The Kier molecular flexibility index (Phi) is 9.28. The third kappa shape index (κ3) is 7.31. The van der Waals surface area contributed by atoms with E-state index in [1.807, 2.05) is 45.0 Å². The lowest BCUT2D eigenvalue weighted by Crippen LogP contribution is -2.03. The molecule has 0 spiro atoms. The van der Waals surface area contributed by atoms with E-state index in [0.717, 1.165) is 41.1 Å². The minimum atomic E-state index is -0.344. The molecular weight excluding hydrogens is 437 g/mol. The Bertz CT molecular complexity index is 1170. The van der Waals surface area contributed by atoms with Gasteiger partial charge in [0.25, 0.3) is 0 Å². The zero-order valence-corrected chi connectivity index (χ0v) is 20.1. The molecule has 0 amide bonds. The van der Waals surface area contributed by atoms with Gasteiger partial charge in [0.05, 0.1) is 0 Å². The summed E-state index contributed by atoms with van der Waals surface area (Å²) in [5.41, 5.74) is 4.97. The Morgan fingerprint density at radius 2 is 1.64 bits per heavy atom. The number of rotatable bonds is 1. The summed E-state index contributed by atoms with van der Waals surface area (Å²) in [4.78, 5) is 12.7. The quantitative estimate of drug-likeness (QED) is 0.296. The van der Waals surface area contributed by atoms with E-state index < -0.39 is 0 Å². The fraction of sp³-hybridized carbons (Fsp3) is 0.296. The van der Waals surface area contributed by atoms with Gasteiger partial charge in [0.2, 0.25) is 0 Å². The molecular formula is C27H29ClFN3O. The molecule has 1 saturated heterocycles. The Morgan fingerprint density at radius 3 is 2.18 bits per heavy atom. The van der Waals surface area contributed by atoms with Gasteiger partial charge in [-0.25, -0.2) is 14.4 Å². The van der Waals surface area contributed by atoms with Gasteiger partial charge in [-0.1, -0.05) is 17.7 Å². The van der Waals surface area contributed by atoms with Crippen molar-refractivity contribution in [3.63, 3.8) is 0 Å². The highest BCUT2D eigenvalue weighted by Crippen LogP contribution is 2.31. The first-order valence-corrected chi connectivity index (χ1v) is 11.5. The van der Waals surface area contributed by atoms with Crippen LogP contribution in [0.3, 0.4) is 0 Å². The number of aryl methyl sites for hydroxylation is 3. The number of fused-ring (bicyclic) bond motifs is 1. The summed E-state index contributed by atoms with van der Waals surface area (Å²) in [6, 6.07) is 14.3. The smallest absolute Gasteiger partial charge is 0.159 e. The number of nitrogens with zero attached hydrogens (tertiary/aromatic N) is 3. The summed E-state index contributed by atoms with van der Waals surface area (Å²) in [7, 11) is 0. The van der Waals surface area contributed by atoms with E-state index in [4.69, 9.17) is 16.3 Å². The largest absolute Gasteiger partial charge is 0.381 e. The van der Waals surface area contributed by atoms with E-state index >= 15 is 0 Å². The van der Waals surface area contributed by atoms with Crippen molar-refractivity contribution in [1.29, 1.82) is 0 Å². The molecule has 1 aliphatic rings. The average molecular weight is 466 g/mol. The van der Waals surface area contributed by atoms with E-state index in [0.29, 0.717) is 16.2 Å². The number of hydrogen-bond donors (Lipinski definition) is 0. The van der Waals surface area contributed by atoms with Crippen LogP contribution in [0.25, 0.3) is 22.2 Å². The van der Waals surface area contributed by atoms with Crippen molar-refractivity contribution in [3.8, 4) is 11.1 Å². The molecule has 0 unspecified atom stereocenters. The van der Waals surface area contributed by atoms with Gasteiger partial charge in [-0.15, -0.1) is 0 Å². The third-order valence-corrected chi connectivity index (χ3v) is 5.52. The summed E-state index contributed by atoms with van der Waals surface area (Å²) in [6.45, 7) is 7.89. The Morgan fingerprint density at radius 1 is 0.848 bits per heavy atom. The maximum Gasteiger partial charge on any atom is 0.159 e. The van der Waals surface area contributed by atoms with Gasteiger partial charge in [0, 0.05) is 53.0 Å². The van der Waals surface area contributed by atoms with Crippen molar-refractivity contribution < 1.29 is 9.13 Å². The second-order valence-corrected chi connectivity index (χ2v) is 8.33. The van der Waals surface area contributed by atoms with E-state index in [9.17, 15) is 4.39 Å². The monoisotopic (exact) mass is 465 g/mol. The van der Waals surface area contributed by atoms with Crippen LogP contribution in [0.2, 0.25) is 5.02 Å². The highest BCUT2D eigenvalue weighted by Gasteiger charge is 2.11. The number of aromatic nitrogens is 3. The van der Waals surface area contributed by atoms with Gasteiger partial charge in [-0.2, -0.15) is 0 Å². The molecule has 0 aliphatic carbocycles. The molecule has 172 valence electrons. The summed E-state index contributed by atoms with van der Waals surface area (Å²) >= 11 is 5.80. The van der Waals surface area contributed by atoms with Crippen molar-refractivity contribution in [2.75, 3.05) is 13.2 Å². The van der Waals surface area contributed by atoms with E-state index in [1.54, 1.807) is 30.6 Å². The van der Waals surface area contributed by atoms with Crippen LogP contribution in [-0.4, -0.2) is 28.2 Å². The average Bonchev–Trinajstić information content (AvgIpc) is 2.82. The van der Waals surface area contributed by atoms with Crippen molar-refractivity contribution in [3.05, 3.63) is 88.7 Å². The molecule has 0 bridgehead atoms. The van der Waals surface area contributed by atoms with Crippen LogP contribution < -0.4 is 0 Å². The van der Waals surface area contributed by atoms with Crippen LogP contribution in [0.4, 0.5) is 4.39 Å². The van der Waals surface area contributed by atoms with Crippen LogP contribution in [0.15, 0.2) is 60.9 Å². The van der Waals surface area contributed by atoms with Crippen LogP contribution in [-0.2, 0) is 4.74 Å². The molecule has 3 aromatic heterocycles. The van der Waals surface area contributed by atoms with Crippen LogP contribution in [0.1, 0.15) is 36.2 Å². The molecule has 0 radical (unpaired) electrons. The van der Waals surface area contributed by atoms with Crippen molar-refractivity contribution >= 4 is 22.6 Å². The third-order valence-electron chi connectivity index (χ3n) is 5.29. The van der Waals surface area contributed by atoms with Gasteiger partial charge in [-0.3, -0.25) is 4.98 Å². The second kappa shape index (κ2) is 12.4. The summed E-state index contributed by atoms with van der Waals surface area (Å²) in [6.07, 6.45) is 7.36. The molecule has 4 nitrogen and oxygen atoms in total. The minimum Gasteiger partial charge on any atom is -0.381 e. The minimum absolute atomic E-state index is 0.344. The van der Waals surface area contributed by atoms with Crippen LogP contribution in [0, 0.1) is 26.6 Å². The maximum absolute atomic E-state index is 14.1. The number of pyridine rings is 3. The molecule has 5 rings (SSSR count). The summed E-state index contributed by atoms with van der Waals surface area (Å²) in [5.74, 6) is -0.344. The number of benzene rings is 1. The van der Waals surface area contributed by atoms with Crippen LogP contribution in [0.5, 0.6) is 0 Å².